The average molecular weight is 251 g/mol. The number of carbonyl (C=O) groups is 2. The van der Waals surface area contributed by atoms with E-state index in [2.05, 4.69) is 5.32 Å². The minimum absolute atomic E-state index is 0.158. The molecular weight excluding hydrogens is 234 g/mol. The summed E-state index contributed by atoms with van der Waals surface area (Å²) in [6.07, 6.45) is -0.158. The Hall–Kier alpha value is -2.08. The Morgan fingerprint density at radius 2 is 1.94 bits per heavy atom. The first-order valence-electron chi connectivity index (χ1n) is 5.47. The number of nitrogens with two attached hydrogens (primary N) is 2. The second-order valence-corrected chi connectivity index (χ2v) is 3.84. The summed E-state index contributed by atoms with van der Waals surface area (Å²) in [6.45, 7) is 0.343. The van der Waals surface area contributed by atoms with Crippen LogP contribution in [-0.4, -0.2) is 25.0 Å². The second-order valence-electron chi connectivity index (χ2n) is 3.84. The number of primary amides is 1. The molecule has 6 nitrogen and oxygen atoms in total. The van der Waals surface area contributed by atoms with Gasteiger partial charge >= 0.3 is 0 Å². The zero-order valence-corrected chi connectivity index (χ0v) is 10.2. The lowest BCUT2D eigenvalue weighted by atomic mass is 10.2. The van der Waals surface area contributed by atoms with E-state index < -0.39 is 17.9 Å². The predicted octanol–water partition coefficient (Wildman–Crippen LogP) is -0.486. The van der Waals surface area contributed by atoms with Crippen LogP contribution in [0.25, 0.3) is 0 Å². The predicted molar refractivity (Wildman–Crippen MR) is 66.6 cm³/mol. The Morgan fingerprint density at radius 3 is 2.44 bits per heavy atom. The summed E-state index contributed by atoms with van der Waals surface area (Å²) in [6, 6.07) is 6.35. The maximum absolute atomic E-state index is 11.5. The number of hydrogen-bond donors (Lipinski definition) is 3. The number of nitrogens with one attached hydrogen (secondary N) is 1. The highest BCUT2D eigenvalue weighted by Crippen LogP contribution is 2.10. The molecular formula is C12H17N3O3. The molecule has 6 heteroatoms. The van der Waals surface area contributed by atoms with Gasteiger partial charge in [-0.1, -0.05) is 12.1 Å². The van der Waals surface area contributed by atoms with Crippen LogP contribution in [0, 0.1) is 0 Å². The van der Waals surface area contributed by atoms with Crippen LogP contribution in [0.15, 0.2) is 24.3 Å². The Morgan fingerprint density at radius 1 is 1.33 bits per heavy atom. The van der Waals surface area contributed by atoms with Crippen molar-refractivity contribution in [2.24, 2.45) is 11.5 Å². The molecule has 1 aromatic rings. The minimum atomic E-state index is -0.902. The number of carbonyl (C=O) groups excluding carboxylic acids is 2. The Kier molecular flexibility index (Phi) is 5.13. The molecule has 18 heavy (non-hydrogen) atoms. The zero-order chi connectivity index (χ0) is 13.5. The third-order valence-electron chi connectivity index (χ3n) is 2.38. The van der Waals surface area contributed by atoms with Crippen molar-refractivity contribution in [3.63, 3.8) is 0 Å². The van der Waals surface area contributed by atoms with E-state index in [1.54, 1.807) is 19.2 Å². The van der Waals surface area contributed by atoms with E-state index >= 15 is 0 Å². The maximum Gasteiger partial charge on any atom is 0.237 e. The molecule has 0 saturated heterocycles. The summed E-state index contributed by atoms with van der Waals surface area (Å²) < 4.78 is 5.02. The molecule has 98 valence electrons. The highest BCUT2D eigenvalue weighted by molar-refractivity contribution is 5.87. The summed E-state index contributed by atoms with van der Waals surface area (Å²) >= 11 is 0. The van der Waals surface area contributed by atoms with Crippen LogP contribution in [0.1, 0.15) is 12.0 Å². The summed E-state index contributed by atoms with van der Waals surface area (Å²) in [5.41, 5.74) is 11.4. The smallest absolute Gasteiger partial charge is 0.237 e. The second kappa shape index (κ2) is 6.61. The number of rotatable bonds is 6. The van der Waals surface area contributed by atoms with Crippen molar-refractivity contribution in [1.82, 2.24) is 5.32 Å². The monoisotopic (exact) mass is 251 g/mol. The highest BCUT2D eigenvalue weighted by Gasteiger charge is 2.15. The van der Waals surface area contributed by atoms with Crippen molar-refractivity contribution >= 4 is 11.8 Å². The topological polar surface area (TPSA) is 107 Å². The van der Waals surface area contributed by atoms with E-state index in [1.807, 2.05) is 12.1 Å². The number of amides is 2. The zero-order valence-electron chi connectivity index (χ0n) is 10.2. The third-order valence-corrected chi connectivity index (χ3v) is 2.38. The van der Waals surface area contributed by atoms with Crippen molar-refractivity contribution in [2.75, 3.05) is 7.11 Å². The van der Waals surface area contributed by atoms with Gasteiger partial charge in [-0.15, -0.1) is 0 Å². The van der Waals surface area contributed by atoms with Gasteiger partial charge in [-0.05, 0) is 17.7 Å². The first-order chi connectivity index (χ1) is 8.52. The molecule has 2 amide bonds. The quantitative estimate of drug-likeness (QED) is 0.634. The van der Waals surface area contributed by atoms with E-state index in [0.29, 0.717) is 6.54 Å². The van der Waals surface area contributed by atoms with Gasteiger partial charge in [-0.25, -0.2) is 0 Å². The van der Waals surface area contributed by atoms with Gasteiger partial charge in [0.1, 0.15) is 5.75 Å². The first-order valence-corrected chi connectivity index (χ1v) is 5.47. The van der Waals surface area contributed by atoms with Gasteiger partial charge < -0.3 is 21.5 Å². The fourth-order valence-electron chi connectivity index (χ4n) is 1.37. The van der Waals surface area contributed by atoms with Crippen LogP contribution >= 0.6 is 0 Å². The van der Waals surface area contributed by atoms with Gasteiger partial charge in [-0.2, -0.15) is 0 Å². The lowest BCUT2D eigenvalue weighted by Gasteiger charge is -2.10. The van der Waals surface area contributed by atoms with Gasteiger partial charge in [0.05, 0.1) is 19.6 Å². The molecule has 1 unspecified atom stereocenters. The van der Waals surface area contributed by atoms with Crippen LogP contribution in [0.3, 0.4) is 0 Å². The molecule has 5 N–H and O–H groups in total. The van der Waals surface area contributed by atoms with Crippen LogP contribution in [0.4, 0.5) is 0 Å². The molecule has 1 aromatic carbocycles. The van der Waals surface area contributed by atoms with E-state index in [-0.39, 0.29) is 6.42 Å². The van der Waals surface area contributed by atoms with Crippen molar-refractivity contribution < 1.29 is 14.3 Å². The molecule has 0 saturated carbocycles. The number of hydrogen-bond acceptors (Lipinski definition) is 4. The number of ether oxygens (including phenoxy) is 1. The molecule has 0 heterocycles. The highest BCUT2D eigenvalue weighted by atomic mass is 16.5. The SMILES string of the molecule is COc1ccc(CNC(=O)C(N)CC(N)=O)cc1. The third kappa shape index (κ3) is 4.42. The fraction of sp³-hybridized carbons (Fsp3) is 0.333. The van der Waals surface area contributed by atoms with E-state index in [4.69, 9.17) is 16.2 Å². The Labute approximate surface area is 105 Å². The fourth-order valence-corrected chi connectivity index (χ4v) is 1.37. The number of benzene rings is 1. The molecule has 0 bridgehead atoms. The van der Waals surface area contributed by atoms with Gasteiger partial charge in [0.25, 0.3) is 0 Å². The molecule has 1 rings (SSSR count). The van der Waals surface area contributed by atoms with Crippen LogP contribution in [0.5, 0.6) is 5.75 Å². The normalized spacial score (nSPS) is 11.7. The molecule has 0 aliphatic rings. The van der Waals surface area contributed by atoms with Gasteiger partial charge in [0, 0.05) is 6.54 Å². The van der Waals surface area contributed by atoms with Crippen LogP contribution < -0.4 is 21.5 Å². The molecule has 0 aliphatic heterocycles. The summed E-state index contributed by atoms with van der Waals surface area (Å²) in [4.78, 5) is 22.1. The first kappa shape index (κ1) is 14.0. The van der Waals surface area contributed by atoms with Crippen molar-refractivity contribution in [3.05, 3.63) is 29.8 Å². The maximum atomic E-state index is 11.5. The van der Waals surface area contributed by atoms with E-state index in [9.17, 15) is 9.59 Å². The van der Waals surface area contributed by atoms with Crippen molar-refractivity contribution in [3.8, 4) is 5.75 Å². The molecule has 0 fully saturated rings. The molecule has 0 spiro atoms. The Bertz CT molecular complexity index is 417. The summed E-state index contributed by atoms with van der Waals surface area (Å²) in [7, 11) is 1.58. The largest absolute Gasteiger partial charge is 0.497 e. The molecule has 0 aromatic heterocycles. The molecule has 0 radical (unpaired) electrons. The molecule has 1 atom stereocenters. The van der Waals surface area contributed by atoms with Gasteiger partial charge in [0.15, 0.2) is 0 Å². The minimum Gasteiger partial charge on any atom is -0.497 e. The van der Waals surface area contributed by atoms with Gasteiger partial charge in [-0.3, -0.25) is 9.59 Å². The number of methoxy groups -OCH3 is 1. The van der Waals surface area contributed by atoms with Crippen LogP contribution in [0.2, 0.25) is 0 Å². The van der Waals surface area contributed by atoms with E-state index in [1.165, 1.54) is 0 Å². The summed E-state index contributed by atoms with van der Waals surface area (Å²) in [5, 5.41) is 2.63. The standard InChI is InChI=1S/C12H17N3O3/c1-18-9-4-2-8(3-5-9)7-15-12(17)10(13)6-11(14)16/h2-5,10H,6-7,13H2,1H3,(H2,14,16)(H,15,17). The van der Waals surface area contributed by atoms with Crippen LogP contribution in [-0.2, 0) is 16.1 Å². The van der Waals surface area contributed by atoms with Crippen molar-refractivity contribution in [1.29, 1.82) is 0 Å². The lowest BCUT2D eigenvalue weighted by Crippen LogP contribution is -2.42. The summed E-state index contributed by atoms with van der Waals surface area (Å²) in [5.74, 6) is -0.248. The van der Waals surface area contributed by atoms with E-state index in [0.717, 1.165) is 11.3 Å². The van der Waals surface area contributed by atoms with Gasteiger partial charge in [0.2, 0.25) is 11.8 Å². The Balaban J connectivity index is 2.44. The average Bonchev–Trinajstić information content (AvgIpc) is 2.35. The lowest BCUT2D eigenvalue weighted by molar-refractivity contribution is -0.126. The van der Waals surface area contributed by atoms with Crippen molar-refractivity contribution in [2.45, 2.75) is 19.0 Å². The molecule has 0 aliphatic carbocycles.